The molecule has 2 heterocycles. The predicted octanol–water partition coefficient (Wildman–Crippen LogP) is 1.35. The zero-order chi connectivity index (χ0) is 26.5. The van der Waals surface area contributed by atoms with E-state index < -0.39 is 31.9 Å². The van der Waals surface area contributed by atoms with Crippen molar-refractivity contribution < 1.29 is 31.2 Å². The number of hydrazine groups is 1. The van der Waals surface area contributed by atoms with Crippen molar-refractivity contribution in [2.24, 2.45) is 0 Å². The van der Waals surface area contributed by atoms with Crippen LogP contribution in [0.25, 0.3) is 0 Å². The summed E-state index contributed by atoms with van der Waals surface area (Å²) in [5, 5.41) is 0. The van der Waals surface area contributed by atoms with Gasteiger partial charge in [-0.25, -0.2) is 16.8 Å². The van der Waals surface area contributed by atoms with Gasteiger partial charge in [0.15, 0.2) is 0 Å². The van der Waals surface area contributed by atoms with Crippen LogP contribution in [0.4, 0.5) is 0 Å². The third-order valence-electron chi connectivity index (χ3n) is 6.31. The maximum atomic E-state index is 12.9. The third kappa shape index (κ3) is 6.36. The van der Waals surface area contributed by atoms with Crippen LogP contribution in [0.5, 0.6) is 0 Å². The molecule has 2 fully saturated rings. The molecule has 11 nitrogen and oxygen atoms in total. The molecule has 13 heteroatoms. The fourth-order valence-electron chi connectivity index (χ4n) is 4.20. The fraction of sp³-hybridized carbons (Fsp3) is 0.417. The molecule has 0 aliphatic carbocycles. The lowest BCUT2D eigenvalue weighted by atomic mass is 10.2. The smallest absolute Gasteiger partial charge is 0.269 e. The second-order valence-electron chi connectivity index (χ2n) is 8.80. The molecule has 2 saturated heterocycles. The van der Waals surface area contributed by atoms with Gasteiger partial charge in [-0.2, -0.15) is 8.61 Å². The number of nitrogens with zero attached hydrogens (tertiary/aromatic N) is 2. The molecule has 0 saturated carbocycles. The van der Waals surface area contributed by atoms with Gasteiger partial charge in [0.25, 0.3) is 11.8 Å². The summed E-state index contributed by atoms with van der Waals surface area (Å²) in [5.41, 5.74) is 4.74. The van der Waals surface area contributed by atoms with Crippen LogP contribution in [0.15, 0.2) is 58.3 Å². The highest BCUT2D eigenvalue weighted by Gasteiger charge is 2.27. The first kappa shape index (κ1) is 27.2. The van der Waals surface area contributed by atoms with Crippen molar-refractivity contribution in [1.82, 2.24) is 19.5 Å². The van der Waals surface area contributed by atoms with Crippen LogP contribution in [0.1, 0.15) is 46.4 Å². The molecule has 0 spiro atoms. The van der Waals surface area contributed by atoms with Gasteiger partial charge >= 0.3 is 0 Å². The number of hydrogen-bond acceptors (Lipinski definition) is 7. The van der Waals surface area contributed by atoms with Crippen LogP contribution in [-0.4, -0.2) is 76.7 Å². The van der Waals surface area contributed by atoms with Gasteiger partial charge in [-0.05, 0) is 55.3 Å². The van der Waals surface area contributed by atoms with Crippen molar-refractivity contribution >= 4 is 31.9 Å². The number of hydrogen-bond donors (Lipinski definition) is 2. The number of benzene rings is 2. The van der Waals surface area contributed by atoms with Crippen LogP contribution in [0, 0.1) is 0 Å². The van der Waals surface area contributed by atoms with E-state index >= 15 is 0 Å². The predicted molar refractivity (Wildman–Crippen MR) is 135 cm³/mol. The van der Waals surface area contributed by atoms with Crippen LogP contribution in [-0.2, 0) is 24.8 Å². The summed E-state index contributed by atoms with van der Waals surface area (Å²) in [6, 6.07) is 11.0. The summed E-state index contributed by atoms with van der Waals surface area (Å²) < 4.78 is 59.5. The Morgan fingerprint density at radius 1 is 0.649 bits per heavy atom. The van der Waals surface area contributed by atoms with Crippen LogP contribution < -0.4 is 10.9 Å². The second kappa shape index (κ2) is 11.7. The van der Waals surface area contributed by atoms with Crippen molar-refractivity contribution in [3.05, 3.63) is 59.7 Å². The van der Waals surface area contributed by atoms with E-state index in [1.165, 1.54) is 57.1 Å². The molecule has 2 aliphatic heterocycles. The molecule has 0 radical (unpaired) electrons. The number of morpholine rings is 1. The molecule has 2 N–H and O–H groups in total. The molecule has 4 rings (SSSR count). The van der Waals surface area contributed by atoms with Crippen LogP contribution in [0.3, 0.4) is 0 Å². The van der Waals surface area contributed by atoms with Crippen molar-refractivity contribution in [1.29, 1.82) is 0 Å². The molecular weight excluding hydrogens is 520 g/mol. The SMILES string of the molecule is O=C(NNC(=O)c1cccc(S(=O)(=O)N2CCOCC2)c1)c1ccc(S(=O)(=O)N2CCCCCC2)cc1. The lowest BCUT2D eigenvalue weighted by Gasteiger charge is -2.26. The minimum absolute atomic E-state index is 0.0328. The topological polar surface area (TPSA) is 142 Å². The number of nitrogens with one attached hydrogen (secondary N) is 2. The lowest BCUT2D eigenvalue weighted by Crippen LogP contribution is -2.42. The highest BCUT2D eigenvalue weighted by atomic mass is 32.2. The molecule has 2 amide bonds. The Bertz CT molecular complexity index is 1330. The average molecular weight is 551 g/mol. The van der Waals surface area contributed by atoms with Gasteiger partial charge in [0.05, 0.1) is 23.0 Å². The Labute approximate surface area is 216 Å². The van der Waals surface area contributed by atoms with Crippen molar-refractivity contribution in [3.8, 4) is 0 Å². The zero-order valence-electron chi connectivity index (χ0n) is 20.3. The Morgan fingerprint density at radius 2 is 1.19 bits per heavy atom. The highest BCUT2D eigenvalue weighted by Crippen LogP contribution is 2.21. The summed E-state index contributed by atoms with van der Waals surface area (Å²) in [7, 11) is -7.43. The van der Waals surface area contributed by atoms with Gasteiger partial charge in [-0.15, -0.1) is 0 Å². The van der Waals surface area contributed by atoms with Gasteiger partial charge in [0, 0.05) is 37.3 Å². The van der Waals surface area contributed by atoms with Crippen molar-refractivity contribution in [2.45, 2.75) is 35.5 Å². The maximum Gasteiger partial charge on any atom is 0.269 e. The van der Waals surface area contributed by atoms with Gasteiger partial charge < -0.3 is 4.74 Å². The minimum atomic E-state index is -3.79. The summed E-state index contributed by atoms with van der Waals surface area (Å²) in [4.78, 5) is 25.2. The first-order chi connectivity index (χ1) is 17.7. The van der Waals surface area contributed by atoms with Gasteiger partial charge in [0.2, 0.25) is 20.0 Å². The standard InChI is InChI=1S/C24H30N4O7S2/c29-23(19-8-10-21(11-9-19)36(31,32)27-12-3-1-2-4-13-27)25-26-24(30)20-6-5-7-22(18-20)37(33,34)28-14-16-35-17-15-28/h5-11,18H,1-4,12-17H2,(H,25,29)(H,26,30). The van der Waals surface area contributed by atoms with Gasteiger partial charge in [-0.3, -0.25) is 20.4 Å². The number of rotatable bonds is 6. The molecule has 0 atom stereocenters. The monoisotopic (exact) mass is 550 g/mol. The first-order valence-corrected chi connectivity index (χ1v) is 15.0. The normalized spacial score (nSPS) is 18.1. The number of carbonyl (C=O) groups excluding carboxylic acids is 2. The quantitative estimate of drug-likeness (QED) is 0.517. The van der Waals surface area contributed by atoms with Crippen molar-refractivity contribution in [3.63, 3.8) is 0 Å². The Hall–Kier alpha value is -2.84. The van der Waals surface area contributed by atoms with Crippen LogP contribution in [0.2, 0.25) is 0 Å². The highest BCUT2D eigenvalue weighted by molar-refractivity contribution is 7.89. The first-order valence-electron chi connectivity index (χ1n) is 12.1. The molecule has 0 bridgehead atoms. The van der Waals surface area contributed by atoms with E-state index in [-0.39, 0.29) is 34.0 Å². The van der Waals surface area contributed by atoms with E-state index in [1.807, 2.05) is 0 Å². The van der Waals surface area contributed by atoms with E-state index in [2.05, 4.69) is 10.9 Å². The zero-order valence-corrected chi connectivity index (χ0v) is 21.9. The second-order valence-corrected chi connectivity index (χ2v) is 12.7. The van der Waals surface area contributed by atoms with E-state index in [4.69, 9.17) is 4.74 Å². The Balaban J connectivity index is 1.38. The summed E-state index contributed by atoms with van der Waals surface area (Å²) >= 11 is 0. The molecule has 200 valence electrons. The summed E-state index contributed by atoms with van der Waals surface area (Å²) in [5.74, 6) is -1.35. The average Bonchev–Trinajstić information content (AvgIpc) is 3.22. The number of sulfonamides is 2. The summed E-state index contributed by atoms with van der Waals surface area (Å²) in [6.45, 7) is 2.02. The van der Waals surface area contributed by atoms with Gasteiger partial charge in [-0.1, -0.05) is 18.9 Å². The molecule has 37 heavy (non-hydrogen) atoms. The number of carbonyl (C=O) groups is 2. The Kier molecular flexibility index (Phi) is 8.60. The Morgan fingerprint density at radius 3 is 1.81 bits per heavy atom. The van der Waals surface area contributed by atoms with E-state index in [0.29, 0.717) is 26.3 Å². The minimum Gasteiger partial charge on any atom is -0.379 e. The van der Waals surface area contributed by atoms with Crippen LogP contribution >= 0.6 is 0 Å². The summed E-state index contributed by atoms with van der Waals surface area (Å²) in [6.07, 6.45) is 3.65. The maximum absolute atomic E-state index is 12.9. The van der Waals surface area contributed by atoms with Crippen molar-refractivity contribution in [2.75, 3.05) is 39.4 Å². The van der Waals surface area contributed by atoms with E-state index in [0.717, 1.165) is 25.7 Å². The molecule has 0 unspecified atom stereocenters. The van der Waals surface area contributed by atoms with Gasteiger partial charge in [0.1, 0.15) is 0 Å². The van der Waals surface area contributed by atoms with E-state index in [1.54, 1.807) is 0 Å². The number of ether oxygens (including phenoxy) is 1. The molecular formula is C24H30N4O7S2. The molecule has 2 aromatic carbocycles. The fourth-order valence-corrected chi connectivity index (χ4v) is 7.17. The number of amides is 2. The van der Waals surface area contributed by atoms with E-state index in [9.17, 15) is 26.4 Å². The lowest BCUT2D eigenvalue weighted by molar-refractivity contribution is 0.0730. The molecule has 2 aromatic rings. The molecule has 0 aromatic heterocycles. The third-order valence-corrected chi connectivity index (χ3v) is 10.1. The molecule has 2 aliphatic rings. The largest absolute Gasteiger partial charge is 0.379 e.